The van der Waals surface area contributed by atoms with Crippen LogP contribution in [0.4, 0.5) is 10.1 Å². The smallest absolute Gasteiger partial charge is 0.207 e. The molecule has 37 heavy (non-hydrogen) atoms. The van der Waals surface area contributed by atoms with Crippen LogP contribution in [0.2, 0.25) is 0 Å². The van der Waals surface area contributed by atoms with Crippen LogP contribution in [0.15, 0.2) is 36.8 Å². The molecule has 196 valence electrons. The van der Waals surface area contributed by atoms with Crippen molar-refractivity contribution in [2.45, 2.75) is 57.7 Å². The summed E-state index contributed by atoms with van der Waals surface area (Å²) in [5.41, 5.74) is 4.85. The van der Waals surface area contributed by atoms with E-state index in [2.05, 4.69) is 36.9 Å². The average Bonchev–Trinajstić information content (AvgIpc) is 3.55. The molecule has 9 nitrogen and oxygen atoms in total. The van der Waals surface area contributed by atoms with E-state index < -0.39 is 0 Å². The number of hydrogen-bond acceptors (Lipinski definition) is 7. The Balaban J connectivity index is 0.000000412. The fourth-order valence-corrected chi connectivity index (χ4v) is 4.61. The fourth-order valence-electron chi connectivity index (χ4n) is 4.61. The molecule has 3 fully saturated rings. The Labute approximate surface area is 216 Å². The molecular weight excluding hydrogens is 473 g/mol. The minimum atomic E-state index is -0.212. The summed E-state index contributed by atoms with van der Waals surface area (Å²) in [4.78, 5) is 16.5. The van der Waals surface area contributed by atoms with Crippen LogP contribution < -0.4 is 10.6 Å². The predicted octanol–water partition coefficient (Wildman–Crippen LogP) is 3.26. The van der Waals surface area contributed by atoms with Crippen LogP contribution in [0, 0.1) is 19.7 Å². The standard InChI is InChI=1S/C23H27FN6O.C4H7NO/c1-15-8-23(16(2)7-21(15)24)30-12-22(27-28-30)17-9-19(11-25-10-17)26-18-3-5-29(6-4-18)20-13-31-14-20;6-3-5-4-1-2-4/h7-12,18,20,26H,3-6,13-14H2,1-2H3;3-4H,1-2H2,(H,5,6). The minimum absolute atomic E-state index is 0.212. The number of halogens is 1. The van der Waals surface area contributed by atoms with E-state index in [1.165, 1.54) is 18.9 Å². The number of aryl methyl sites for hydroxylation is 2. The van der Waals surface area contributed by atoms with E-state index in [4.69, 9.17) is 4.74 Å². The molecule has 1 amide bonds. The Morgan fingerprint density at radius 2 is 1.81 bits per heavy atom. The number of amides is 1. The number of nitrogens with one attached hydrogen (secondary N) is 2. The third kappa shape index (κ3) is 6.31. The third-order valence-electron chi connectivity index (χ3n) is 7.17. The lowest BCUT2D eigenvalue weighted by atomic mass is 10.0. The van der Waals surface area contributed by atoms with Gasteiger partial charge in [-0.1, -0.05) is 5.21 Å². The second kappa shape index (κ2) is 11.4. The molecule has 10 heteroatoms. The monoisotopic (exact) mass is 507 g/mol. The van der Waals surface area contributed by atoms with Gasteiger partial charge in [0.2, 0.25) is 6.41 Å². The molecule has 2 saturated heterocycles. The number of piperidine rings is 1. The highest BCUT2D eigenvalue weighted by molar-refractivity contribution is 5.63. The first kappa shape index (κ1) is 25.3. The van der Waals surface area contributed by atoms with Crippen LogP contribution in [0.25, 0.3) is 16.9 Å². The number of carbonyl (C=O) groups excluding carboxylic acids is 1. The summed E-state index contributed by atoms with van der Waals surface area (Å²) >= 11 is 0. The molecule has 2 aromatic heterocycles. The largest absolute Gasteiger partial charge is 0.381 e. The number of nitrogens with zero attached hydrogens (tertiary/aromatic N) is 5. The van der Waals surface area contributed by atoms with Gasteiger partial charge in [0.25, 0.3) is 0 Å². The van der Waals surface area contributed by atoms with Gasteiger partial charge in [-0.3, -0.25) is 14.7 Å². The number of hydrogen-bond donors (Lipinski definition) is 2. The molecule has 4 heterocycles. The molecule has 1 aliphatic carbocycles. The van der Waals surface area contributed by atoms with Crippen molar-refractivity contribution in [2.24, 2.45) is 0 Å². The number of carbonyl (C=O) groups is 1. The maximum absolute atomic E-state index is 13.8. The first-order chi connectivity index (χ1) is 18.0. The quantitative estimate of drug-likeness (QED) is 0.474. The maximum atomic E-state index is 13.8. The molecule has 2 N–H and O–H groups in total. The molecule has 0 unspecified atom stereocenters. The van der Waals surface area contributed by atoms with Gasteiger partial charge in [-0.15, -0.1) is 5.10 Å². The number of aromatic nitrogens is 4. The van der Waals surface area contributed by atoms with E-state index in [-0.39, 0.29) is 5.82 Å². The zero-order valence-electron chi connectivity index (χ0n) is 21.4. The molecule has 1 aromatic carbocycles. The number of likely N-dealkylation sites (tertiary alicyclic amines) is 1. The van der Waals surface area contributed by atoms with Gasteiger partial charge in [-0.25, -0.2) is 9.07 Å². The Hall–Kier alpha value is -3.37. The third-order valence-corrected chi connectivity index (χ3v) is 7.17. The van der Waals surface area contributed by atoms with E-state index in [9.17, 15) is 9.18 Å². The normalized spacial score (nSPS) is 18.5. The number of rotatable bonds is 7. The molecule has 6 rings (SSSR count). The summed E-state index contributed by atoms with van der Waals surface area (Å²) in [6.07, 6.45) is 10.9. The van der Waals surface area contributed by atoms with Crippen LogP contribution in [0.5, 0.6) is 0 Å². The molecule has 1 saturated carbocycles. The van der Waals surface area contributed by atoms with Crippen molar-refractivity contribution in [3.8, 4) is 16.9 Å². The highest BCUT2D eigenvalue weighted by Gasteiger charge is 2.29. The predicted molar refractivity (Wildman–Crippen MR) is 139 cm³/mol. The second-order valence-corrected chi connectivity index (χ2v) is 10.1. The van der Waals surface area contributed by atoms with Gasteiger partial charge in [-0.05, 0) is 68.9 Å². The van der Waals surface area contributed by atoms with Gasteiger partial charge >= 0.3 is 0 Å². The van der Waals surface area contributed by atoms with Gasteiger partial charge in [0.15, 0.2) is 0 Å². The van der Waals surface area contributed by atoms with Crippen LogP contribution in [-0.4, -0.2) is 75.7 Å². The summed E-state index contributed by atoms with van der Waals surface area (Å²) < 4.78 is 20.8. The zero-order chi connectivity index (χ0) is 25.8. The van der Waals surface area contributed by atoms with Crippen molar-refractivity contribution in [1.29, 1.82) is 0 Å². The SMILES string of the molecule is Cc1cc(-n2cc(-c3cncc(NC4CCN(C5COC5)CC4)c3)nn2)c(C)cc1F.O=CNC1CC1. The van der Waals surface area contributed by atoms with Gasteiger partial charge in [0.05, 0.1) is 36.8 Å². The number of benzene rings is 1. The molecule has 3 aliphatic rings. The van der Waals surface area contributed by atoms with E-state index in [1.54, 1.807) is 23.9 Å². The van der Waals surface area contributed by atoms with Crippen LogP contribution >= 0.6 is 0 Å². The minimum Gasteiger partial charge on any atom is -0.381 e. The Morgan fingerprint density at radius 3 is 2.46 bits per heavy atom. The maximum Gasteiger partial charge on any atom is 0.207 e. The van der Waals surface area contributed by atoms with Crippen molar-refractivity contribution in [1.82, 2.24) is 30.2 Å². The number of ether oxygens (including phenoxy) is 1. The van der Waals surface area contributed by atoms with E-state index >= 15 is 0 Å². The lowest BCUT2D eigenvalue weighted by Crippen LogP contribution is -2.53. The van der Waals surface area contributed by atoms with Crippen LogP contribution in [0.3, 0.4) is 0 Å². The highest BCUT2D eigenvalue weighted by Crippen LogP contribution is 2.25. The van der Waals surface area contributed by atoms with Gasteiger partial charge in [0, 0.05) is 43.1 Å². The molecule has 0 radical (unpaired) electrons. The van der Waals surface area contributed by atoms with E-state index in [0.717, 1.165) is 73.8 Å². The summed E-state index contributed by atoms with van der Waals surface area (Å²) in [6, 6.07) is 6.97. The Bertz CT molecular complexity index is 1220. The van der Waals surface area contributed by atoms with Crippen molar-refractivity contribution in [3.63, 3.8) is 0 Å². The molecule has 0 spiro atoms. The molecule has 0 atom stereocenters. The van der Waals surface area contributed by atoms with E-state index in [0.29, 0.717) is 23.7 Å². The fraction of sp³-hybridized carbons (Fsp3) is 0.481. The highest BCUT2D eigenvalue weighted by atomic mass is 19.1. The van der Waals surface area contributed by atoms with Crippen LogP contribution in [-0.2, 0) is 9.53 Å². The topological polar surface area (TPSA) is 97.2 Å². The van der Waals surface area contributed by atoms with Crippen LogP contribution in [0.1, 0.15) is 36.8 Å². The van der Waals surface area contributed by atoms with Crippen molar-refractivity contribution in [3.05, 3.63) is 53.7 Å². The first-order valence-electron chi connectivity index (χ1n) is 12.9. The summed E-state index contributed by atoms with van der Waals surface area (Å²) in [6.45, 7) is 7.57. The zero-order valence-corrected chi connectivity index (χ0v) is 21.4. The summed E-state index contributed by atoms with van der Waals surface area (Å²) in [5.74, 6) is -0.212. The molecule has 0 bridgehead atoms. The number of pyridine rings is 1. The molecule has 3 aromatic rings. The van der Waals surface area contributed by atoms with E-state index in [1.807, 2.05) is 19.3 Å². The Morgan fingerprint density at radius 1 is 1.03 bits per heavy atom. The van der Waals surface area contributed by atoms with Crippen molar-refractivity contribution >= 4 is 12.1 Å². The number of anilines is 1. The van der Waals surface area contributed by atoms with Crippen molar-refractivity contribution < 1.29 is 13.9 Å². The second-order valence-electron chi connectivity index (χ2n) is 10.1. The lowest BCUT2D eigenvalue weighted by molar-refractivity contribution is -0.109. The average molecular weight is 508 g/mol. The first-order valence-corrected chi connectivity index (χ1v) is 12.9. The summed E-state index contributed by atoms with van der Waals surface area (Å²) in [5, 5.41) is 14.9. The van der Waals surface area contributed by atoms with Gasteiger partial charge in [0.1, 0.15) is 11.5 Å². The Kier molecular flexibility index (Phi) is 7.76. The van der Waals surface area contributed by atoms with Gasteiger partial charge in [-0.2, -0.15) is 0 Å². The molecule has 2 aliphatic heterocycles. The lowest BCUT2D eigenvalue weighted by Gasteiger charge is -2.41. The van der Waals surface area contributed by atoms with Gasteiger partial charge < -0.3 is 15.4 Å². The summed E-state index contributed by atoms with van der Waals surface area (Å²) in [7, 11) is 0. The van der Waals surface area contributed by atoms with Crippen molar-refractivity contribution in [2.75, 3.05) is 31.6 Å². The molecular formula is C27H34FN7O2.